The number of hydrogen-bond donors (Lipinski definition) is 1. The lowest BCUT2D eigenvalue weighted by Crippen LogP contribution is -2.16. The minimum Gasteiger partial charge on any atom is -0.309 e. The van der Waals surface area contributed by atoms with Crippen LogP contribution in [0.2, 0.25) is 0 Å². The fourth-order valence-electron chi connectivity index (χ4n) is 3.20. The second kappa shape index (κ2) is 6.33. The van der Waals surface area contributed by atoms with E-state index in [0.717, 1.165) is 0 Å². The maximum atomic E-state index is 3.50. The molecule has 0 fully saturated rings. The molecule has 0 saturated heterocycles. The van der Waals surface area contributed by atoms with Crippen LogP contribution in [-0.2, 0) is 12.8 Å². The highest BCUT2D eigenvalue weighted by atomic mass is 32.1. The third-order valence-electron chi connectivity index (χ3n) is 4.53. The highest BCUT2D eigenvalue weighted by Crippen LogP contribution is 2.35. The molecule has 0 spiro atoms. The van der Waals surface area contributed by atoms with Crippen LogP contribution in [0, 0.1) is 0 Å². The average molecular weight is 299 g/mol. The van der Waals surface area contributed by atoms with Gasteiger partial charge in [0.25, 0.3) is 0 Å². The fraction of sp³-hybridized carbons (Fsp3) is 0.474. The van der Waals surface area contributed by atoms with Crippen LogP contribution < -0.4 is 5.32 Å². The molecular weight excluding hydrogens is 274 g/mol. The van der Waals surface area contributed by atoms with Crippen molar-refractivity contribution in [3.8, 4) is 0 Å². The zero-order chi connectivity index (χ0) is 14.8. The summed E-state index contributed by atoms with van der Waals surface area (Å²) in [7, 11) is 2.07. The van der Waals surface area contributed by atoms with E-state index in [4.69, 9.17) is 0 Å². The number of aryl methyl sites for hydroxylation is 2. The topological polar surface area (TPSA) is 12.0 Å². The Morgan fingerprint density at radius 1 is 1.00 bits per heavy atom. The first kappa shape index (κ1) is 14.8. The monoisotopic (exact) mass is 299 g/mol. The summed E-state index contributed by atoms with van der Waals surface area (Å²) in [6.07, 6.45) is 5.27. The van der Waals surface area contributed by atoms with E-state index in [-0.39, 0.29) is 0 Å². The van der Waals surface area contributed by atoms with Gasteiger partial charge in [-0.1, -0.05) is 38.1 Å². The van der Waals surface area contributed by atoms with Crippen molar-refractivity contribution in [2.45, 2.75) is 51.5 Å². The van der Waals surface area contributed by atoms with Crippen LogP contribution in [0.4, 0.5) is 0 Å². The third-order valence-corrected chi connectivity index (χ3v) is 5.83. The Labute approximate surface area is 132 Å². The van der Waals surface area contributed by atoms with E-state index in [0.29, 0.717) is 12.0 Å². The minimum atomic E-state index is 0.335. The van der Waals surface area contributed by atoms with Crippen LogP contribution in [0.15, 0.2) is 30.3 Å². The van der Waals surface area contributed by atoms with Gasteiger partial charge in [-0.05, 0) is 61.4 Å². The molecule has 1 N–H and O–H groups in total. The molecule has 0 aliphatic heterocycles. The summed E-state index contributed by atoms with van der Waals surface area (Å²) in [5.74, 6) is 0.598. The molecule has 1 atom stereocenters. The Morgan fingerprint density at radius 2 is 1.67 bits per heavy atom. The number of hydrogen-bond acceptors (Lipinski definition) is 2. The van der Waals surface area contributed by atoms with E-state index >= 15 is 0 Å². The molecule has 1 nitrogen and oxygen atoms in total. The number of rotatable bonds is 4. The molecule has 1 aromatic heterocycles. The van der Waals surface area contributed by atoms with Gasteiger partial charge in [-0.2, -0.15) is 0 Å². The molecule has 1 aromatic carbocycles. The molecule has 112 valence electrons. The van der Waals surface area contributed by atoms with Crippen molar-refractivity contribution in [3.05, 3.63) is 56.8 Å². The highest BCUT2D eigenvalue weighted by molar-refractivity contribution is 7.12. The van der Waals surface area contributed by atoms with Gasteiger partial charge in [0.15, 0.2) is 0 Å². The van der Waals surface area contributed by atoms with Crippen molar-refractivity contribution in [3.63, 3.8) is 0 Å². The van der Waals surface area contributed by atoms with E-state index in [1.807, 2.05) is 11.3 Å². The number of benzene rings is 1. The Balaban J connectivity index is 1.88. The van der Waals surface area contributed by atoms with Gasteiger partial charge in [-0.3, -0.25) is 0 Å². The quantitative estimate of drug-likeness (QED) is 0.832. The Hall–Kier alpha value is -1.12. The van der Waals surface area contributed by atoms with Crippen LogP contribution in [0.25, 0.3) is 0 Å². The van der Waals surface area contributed by atoms with Gasteiger partial charge < -0.3 is 5.32 Å². The predicted octanol–water partition coefficient (Wildman–Crippen LogP) is 5.06. The second-order valence-corrected chi connectivity index (χ2v) is 7.52. The largest absolute Gasteiger partial charge is 0.309 e. The standard InChI is InChI=1S/C19H25NS/c1-13(2)14-8-10-15(11-9-14)19(20-3)18-12-16-6-4-5-7-17(16)21-18/h8-13,19-20H,4-7H2,1-3H3. The summed E-state index contributed by atoms with van der Waals surface area (Å²) in [6.45, 7) is 4.50. The van der Waals surface area contributed by atoms with E-state index in [1.54, 1.807) is 10.4 Å². The van der Waals surface area contributed by atoms with E-state index in [1.165, 1.54) is 41.7 Å². The first-order valence-electron chi connectivity index (χ1n) is 8.07. The van der Waals surface area contributed by atoms with E-state index in [2.05, 4.69) is 56.5 Å². The maximum Gasteiger partial charge on any atom is 0.0668 e. The summed E-state index contributed by atoms with van der Waals surface area (Å²) in [5, 5.41) is 3.50. The molecule has 21 heavy (non-hydrogen) atoms. The van der Waals surface area contributed by atoms with Crippen molar-refractivity contribution in [1.82, 2.24) is 5.32 Å². The van der Waals surface area contributed by atoms with Crippen molar-refractivity contribution < 1.29 is 0 Å². The molecule has 3 rings (SSSR count). The maximum absolute atomic E-state index is 3.50. The van der Waals surface area contributed by atoms with Crippen LogP contribution in [0.1, 0.15) is 65.1 Å². The lowest BCUT2D eigenvalue weighted by molar-refractivity contribution is 0.691. The molecule has 0 radical (unpaired) electrons. The molecule has 1 aliphatic carbocycles. The second-order valence-electron chi connectivity index (χ2n) is 6.35. The Kier molecular flexibility index (Phi) is 4.46. The first-order chi connectivity index (χ1) is 10.2. The summed E-state index contributed by atoms with van der Waals surface area (Å²) in [5.41, 5.74) is 4.39. The molecule has 1 unspecified atom stereocenters. The highest BCUT2D eigenvalue weighted by Gasteiger charge is 2.19. The molecule has 1 heterocycles. The Bertz CT molecular complexity index is 571. The van der Waals surface area contributed by atoms with Gasteiger partial charge in [-0.15, -0.1) is 11.3 Å². The van der Waals surface area contributed by atoms with Crippen molar-refractivity contribution in [2.24, 2.45) is 0 Å². The third kappa shape index (κ3) is 3.07. The Morgan fingerprint density at radius 3 is 2.29 bits per heavy atom. The predicted molar refractivity (Wildman–Crippen MR) is 92.4 cm³/mol. The molecule has 2 aromatic rings. The summed E-state index contributed by atoms with van der Waals surface area (Å²) < 4.78 is 0. The van der Waals surface area contributed by atoms with Gasteiger partial charge in [0.2, 0.25) is 0 Å². The van der Waals surface area contributed by atoms with Gasteiger partial charge >= 0.3 is 0 Å². The lowest BCUT2D eigenvalue weighted by Gasteiger charge is -2.16. The molecule has 0 saturated carbocycles. The normalized spacial score (nSPS) is 16.0. The van der Waals surface area contributed by atoms with E-state index < -0.39 is 0 Å². The van der Waals surface area contributed by atoms with Crippen LogP contribution in [0.5, 0.6) is 0 Å². The molecule has 0 amide bonds. The molecule has 1 aliphatic rings. The molecular formula is C19H25NS. The van der Waals surface area contributed by atoms with Crippen molar-refractivity contribution in [2.75, 3.05) is 7.05 Å². The minimum absolute atomic E-state index is 0.335. The smallest absolute Gasteiger partial charge is 0.0668 e. The van der Waals surface area contributed by atoms with Crippen LogP contribution in [0.3, 0.4) is 0 Å². The van der Waals surface area contributed by atoms with Crippen molar-refractivity contribution >= 4 is 11.3 Å². The lowest BCUT2D eigenvalue weighted by atomic mass is 9.96. The summed E-state index contributed by atoms with van der Waals surface area (Å²) in [6, 6.07) is 11.9. The van der Waals surface area contributed by atoms with Gasteiger partial charge in [0.1, 0.15) is 0 Å². The number of fused-ring (bicyclic) bond motifs is 1. The number of thiophene rings is 1. The zero-order valence-corrected chi connectivity index (χ0v) is 14.1. The first-order valence-corrected chi connectivity index (χ1v) is 8.89. The summed E-state index contributed by atoms with van der Waals surface area (Å²) >= 11 is 2.01. The SMILES string of the molecule is CNC(c1ccc(C(C)C)cc1)c1cc2c(s1)CCCC2. The number of nitrogens with one attached hydrogen (secondary N) is 1. The molecule has 0 bridgehead atoms. The fourth-order valence-corrected chi connectivity index (χ4v) is 4.60. The van der Waals surface area contributed by atoms with Crippen LogP contribution in [-0.4, -0.2) is 7.05 Å². The zero-order valence-electron chi connectivity index (χ0n) is 13.3. The van der Waals surface area contributed by atoms with E-state index in [9.17, 15) is 0 Å². The van der Waals surface area contributed by atoms with Crippen molar-refractivity contribution in [1.29, 1.82) is 0 Å². The van der Waals surface area contributed by atoms with Gasteiger partial charge in [0.05, 0.1) is 6.04 Å². The van der Waals surface area contributed by atoms with Crippen LogP contribution >= 0.6 is 11.3 Å². The molecule has 2 heteroatoms. The van der Waals surface area contributed by atoms with Gasteiger partial charge in [0, 0.05) is 9.75 Å². The summed E-state index contributed by atoms with van der Waals surface area (Å²) in [4.78, 5) is 3.09. The average Bonchev–Trinajstić information content (AvgIpc) is 2.92. The van der Waals surface area contributed by atoms with Gasteiger partial charge in [-0.25, -0.2) is 0 Å².